The molecule has 36 heavy (non-hydrogen) atoms. The highest BCUT2D eigenvalue weighted by Crippen LogP contribution is 2.31. The number of rotatable bonds is 9. The molecule has 0 fully saturated rings. The largest absolute Gasteiger partial charge is 0.497 e. The van der Waals surface area contributed by atoms with Crippen LogP contribution in [0.3, 0.4) is 0 Å². The Hall–Kier alpha value is -3.50. The monoisotopic (exact) mass is 525 g/mol. The fourth-order valence-corrected chi connectivity index (χ4v) is 6.10. The van der Waals surface area contributed by atoms with E-state index in [0.29, 0.717) is 34.1 Å². The molecule has 0 aliphatic carbocycles. The van der Waals surface area contributed by atoms with Gasteiger partial charge in [0.2, 0.25) is 5.91 Å². The van der Waals surface area contributed by atoms with Crippen LogP contribution in [0.4, 0.5) is 5.69 Å². The molecule has 10 heteroatoms. The summed E-state index contributed by atoms with van der Waals surface area (Å²) in [5.74, 6) is 1.14. The molecular formula is C26H27N3O5S2. The molecule has 0 spiro atoms. The van der Waals surface area contributed by atoms with Crippen molar-refractivity contribution in [3.05, 3.63) is 72.3 Å². The molecule has 0 unspecified atom stereocenters. The van der Waals surface area contributed by atoms with Crippen molar-refractivity contribution in [1.29, 1.82) is 0 Å². The first kappa shape index (κ1) is 25.6. The highest BCUT2D eigenvalue weighted by molar-refractivity contribution is 8.00. The van der Waals surface area contributed by atoms with Crippen LogP contribution in [-0.2, 0) is 14.8 Å². The van der Waals surface area contributed by atoms with E-state index in [1.807, 2.05) is 24.3 Å². The van der Waals surface area contributed by atoms with Crippen LogP contribution in [0.5, 0.6) is 11.5 Å². The lowest BCUT2D eigenvalue weighted by Crippen LogP contribution is -2.17. The number of anilines is 1. The number of aromatic nitrogens is 2. The van der Waals surface area contributed by atoms with E-state index < -0.39 is 10.0 Å². The molecule has 1 heterocycles. The fourth-order valence-electron chi connectivity index (χ4n) is 3.59. The maximum atomic E-state index is 13.7. The zero-order valence-corrected chi connectivity index (χ0v) is 22.0. The predicted molar refractivity (Wildman–Crippen MR) is 142 cm³/mol. The Morgan fingerprint density at radius 1 is 0.972 bits per heavy atom. The van der Waals surface area contributed by atoms with E-state index in [1.165, 1.54) is 31.9 Å². The van der Waals surface area contributed by atoms with Crippen LogP contribution in [0, 0.1) is 0 Å². The van der Waals surface area contributed by atoms with Crippen LogP contribution in [0.1, 0.15) is 25.3 Å². The van der Waals surface area contributed by atoms with Crippen LogP contribution < -0.4 is 14.8 Å². The second-order valence-corrected chi connectivity index (χ2v) is 11.0. The minimum Gasteiger partial charge on any atom is -0.497 e. The zero-order valence-electron chi connectivity index (χ0n) is 20.4. The van der Waals surface area contributed by atoms with E-state index in [4.69, 9.17) is 9.47 Å². The van der Waals surface area contributed by atoms with E-state index >= 15 is 0 Å². The summed E-state index contributed by atoms with van der Waals surface area (Å²) >= 11 is 1.05. The maximum Gasteiger partial charge on any atom is 0.270 e. The number of benzene rings is 3. The van der Waals surface area contributed by atoms with Gasteiger partial charge in [-0.2, -0.15) is 0 Å². The van der Waals surface area contributed by atoms with E-state index in [2.05, 4.69) is 24.1 Å². The number of ether oxygens (including phenoxy) is 2. The number of imidazole rings is 1. The van der Waals surface area contributed by atoms with Gasteiger partial charge < -0.3 is 14.8 Å². The third kappa shape index (κ3) is 5.34. The van der Waals surface area contributed by atoms with Gasteiger partial charge in [-0.25, -0.2) is 17.4 Å². The second-order valence-electron chi connectivity index (χ2n) is 8.31. The molecule has 4 aromatic rings. The number of methoxy groups -OCH3 is 2. The Balaban J connectivity index is 1.64. The Morgan fingerprint density at radius 3 is 2.22 bits per heavy atom. The Kier molecular flexibility index (Phi) is 7.56. The minimum atomic E-state index is -4.03. The molecule has 0 aliphatic heterocycles. The molecular weight excluding hydrogens is 498 g/mol. The number of thioether (sulfide) groups is 1. The van der Waals surface area contributed by atoms with Crippen molar-refractivity contribution in [1.82, 2.24) is 8.96 Å². The molecule has 0 radical (unpaired) electrons. The number of hydrogen-bond acceptors (Lipinski definition) is 7. The average Bonchev–Trinajstić information content (AvgIpc) is 3.26. The third-order valence-corrected chi connectivity index (χ3v) is 8.35. The van der Waals surface area contributed by atoms with Gasteiger partial charge in [0.15, 0.2) is 5.16 Å². The number of carbonyl (C=O) groups excluding carboxylic acids is 1. The first-order chi connectivity index (χ1) is 17.2. The van der Waals surface area contributed by atoms with Crippen LogP contribution in [-0.4, -0.2) is 43.3 Å². The van der Waals surface area contributed by atoms with Crippen LogP contribution in [0.2, 0.25) is 0 Å². The van der Waals surface area contributed by atoms with Gasteiger partial charge in [0.05, 0.1) is 35.9 Å². The van der Waals surface area contributed by atoms with Gasteiger partial charge in [-0.05, 0) is 60.0 Å². The van der Waals surface area contributed by atoms with Gasteiger partial charge in [0.1, 0.15) is 11.5 Å². The normalized spacial score (nSPS) is 11.6. The first-order valence-electron chi connectivity index (χ1n) is 11.2. The van der Waals surface area contributed by atoms with Crippen molar-refractivity contribution in [2.24, 2.45) is 0 Å². The zero-order chi connectivity index (χ0) is 25.9. The molecule has 0 saturated carbocycles. The van der Waals surface area contributed by atoms with Gasteiger partial charge in [-0.1, -0.05) is 37.7 Å². The van der Waals surface area contributed by atoms with Crippen molar-refractivity contribution in [3.8, 4) is 11.5 Å². The number of hydrogen-bond donors (Lipinski definition) is 1. The van der Waals surface area contributed by atoms with Crippen LogP contribution in [0.15, 0.2) is 76.8 Å². The summed E-state index contributed by atoms with van der Waals surface area (Å²) < 4.78 is 39.0. The van der Waals surface area contributed by atoms with Crippen LogP contribution in [0.25, 0.3) is 11.0 Å². The molecule has 3 aromatic carbocycles. The fraction of sp³-hybridized carbons (Fsp3) is 0.231. The summed E-state index contributed by atoms with van der Waals surface area (Å²) in [5, 5.41) is 3.03. The Morgan fingerprint density at radius 2 is 1.61 bits per heavy atom. The molecule has 8 nitrogen and oxygen atoms in total. The molecule has 1 aromatic heterocycles. The smallest absolute Gasteiger partial charge is 0.270 e. The molecule has 0 saturated heterocycles. The first-order valence-corrected chi connectivity index (χ1v) is 13.6. The maximum absolute atomic E-state index is 13.7. The number of carbonyl (C=O) groups is 1. The molecule has 0 atom stereocenters. The Labute approximate surface area is 214 Å². The highest BCUT2D eigenvalue weighted by Gasteiger charge is 2.26. The molecule has 188 valence electrons. The molecule has 4 rings (SSSR count). The standard InChI is InChI=1S/C26H27N3O5S2/c1-17(2)18-5-7-19(8-6-18)27-25(30)16-35-26-28-23-14-11-21(34-4)15-24(23)29(26)36(31,32)22-12-9-20(33-3)10-13-22/h5-15,17H,16H2,1-4H3,(H,27,30). The van der Waals surface area contributed by atoms with E-state index in [9.17, 15) is 13.2 Å². The minimum absolute atomic E-state index is 0.0233. The van der Waals surface area contributed by atoms with Gasteiger partial charge >= 0.3 is 0 Å². The quantitative estimate of drug-likeness (QED) is 0.302. The van der Waals surface area contributed by atoms with Gasteiger partial charge in [0.25, 0.3) is 10.0 Å². The summed E-state index contributed by atoms with van der Waals surface area (Å²) in [6.07, 6.45) is 0. The van der Waals surface area contributed by atoms with Crippen molar-refractivity contribution in [3.63, 3.8) is 0 Å². The van der Waals surface area contributed by atoms with E-state index in [1.54, 1.807) is 30.3 Å². The van der Waals surface area contributed by atoms with E-state index in [0.717, 1.165) is 15.7 Å². The number of nitrogens with one attached hydrogen (secondary N) is 1. The molecule has 0 aliphatic rings. The molecule has 0 bridgehead atoms. The molecule has 1 amide bonds. The Bertz CT molecular complexity index is 1480. The second kappa shape index (κ2) is 10.6. The summed E-state index contributed by atoms with van der Waals surface area (Å²) in [7, 11) is -1.01. The lowest BCUT2D eigenvalue weighted by Gasteiger charge is -2.12. The number of nitrogens with zero attached hydrogens (tertiary/aromatic N) is 2. The van der Waals surface area contributed by atoms with Crippen molar-refractivity contribution in [2.45, 2.75) is 29.8 Å². The SMILES string of the molecule is COc1ccc(S(=O)(=O)n2c(SCC(=O)Nc3ccc(C(C)C)cc3)nc3ccc(OC)cc32)cc1. The number of amides is 1. The van der Waals surface area contributed by atoms with E-state index in [-0.39, 0.29) is 21.7 Å². The lowest BCUT2D eigenvalue weighted by molar-refractivity contribution is -0.113. The summed E-state index contributed by atoms with van der Waals surface area (Å²) in [4.78, 5) is 17.3. The summed E-state index contributed by atoms with van der Waals surface area (Å²) in [6.45, 7) is 4.21. The average molecular weight is 526 g/mol. The van der Waals surface area contributed by atoms with Crippen molar-refractivity contribution < 1.29 is 22.7 Å². The molecule has 1 N–H and O–H groups in total. The predicted octanol–water partition coefficient (Wildman–Crippen LogP) is 5.14. The van der Waals surface area contributed by atoms with Gasteiger partial charge in [0, 0.05) is 11.8 Å². The number of fused-ring (bicyclic) bond motifs is 1. The van der Waals surface area contributed by atoms with Crippen molar-refractivity contribution in [2.75, 3.05) is 25.3 Å². The third-order valence-electron chi connectivity index (χ3n) is 5.58. The summed E-state index contributed by atoms with van der Waals surface area (Å²) in [6, 6.07) is 18.8. The van der Waals surface area contributed by atoms with Crippen LogP contribution >= 0.6 is 11.8 Å². The lowest BCUT2D eigenvalue weighted by atomic mass is 10.0. The highest BCUT2D eigenvalue weighted by atomic mass is 32.2. The van der Waals surface area contributed by atoms with Crippen molar-refractivity contribution >= 4 is 44.4 Å². The van der Waals surface area contributed by atoms with Gasteiger partial charge in [-0.3, -0.25) is 4.79 Å². The summed E-state index contributed by atoms with van der Waals surface area (Å²) in [5.41, 5.74) is 2.68. The van der Waals surface area contributed by atoms with Gasteiger partial charge in [-0.15, -0.1) is 0 Å². The topological polar surface area (TPSA) is 99.5 Å².